The SMILES string of the molecule is C[C@@H]1CN(C(=O)OC(C)(C)C)CCN1c1ccc(Br)cn1. The van der Waals surface area contributed by atoms with Crippen LogP contribution in [0.3, 0.4) is 0 Å². The summed E-state index contributed by atoms with van der Waals surface area (Å²) in [6, 6.07) is 4.18. The zero-order chi connectivity index (χ0) is 15.6. The molecular weight excluding hydrogens is 334 g/mol. The first-order valence-electron chi connectivity index (χ1n) is 7.12. The number of amides is 1. The average molecular weight is 356 g/mol. The lowest BCUT2D eigenvalue weighted by Gasteiger charge is -2.40. The van der Waals surface area contributed by atoms with Crippen LogP contribution < -0.4 is 4.90 Å². The molecule has 1 atom stereocenters. The number of carbonyl (C=O) groups is 1. The number of halogens is 1. The van der Waals surface area contributed by atoms with E-state index in [0.717, 1.165) is 16.8 Å². The minimum absolute atomic E-state index is 0.208. The third-order valence-electron chi connectivity index (χ3n) is 3.29. The van der Waals surface area contributed by atoms with E-state index >= 15 is 0 Å². The number of ether oxygens (including phenoxy) is 1. The minimum atomic E-state index is -0.454. The number of pyridine rings is 1. The Labute approximate surface area is 134 Å². The van der Waals surface area contributed by atoms with Crippen molar-refractivity contribution in [3.8, 4) is 0 Å². The van der Waals surface area contributed by atoms with Gasteiger partial charge in [0.2, 0.25) is 0 Å². The number of hydrogen-bond acceptors (Lipinski definition) is 4. The Kier molecular flexibility index (Phi) is 4.76. The molecule has 1 aromatic rings. The smallest absolute Gasteiger partial charge is 0.410 e. The summed E-state index contributed by atoms with van der Waals surface area (Å²) in [7, 11) is 0. The number of aromatic nitrogens is 1. The highest BCUT2D eigenvalue weighted by molar-refractivity contribution is 9.10. The van der Waals surface area contributed by atoms with E-state index in [1.165, 1.54) is 0 Å². The predicted octanol–water partition coefficient (Wildman–Crippen LogP) is 3.29. The fraction of sp³-hybridized carbons (Fsp3) is 0.600. The number of anilines is 1. The van der Waals surface area contributed by atoms with E-state index in [-0.39, 0.29) is 12.1 Å². The minimum Gasteiger partial charge on any atom is -0.444 e. The van der Waals surface area contributed by atoms with Crippen LogP contribution in [0.1, 0.15) is 27.7 Å². The van der Waals surface area contributed by atoms with Gasteiger partial charge in [-0.1, -0.05) is 0 Å². The van der Waals surface area contributed by atoms with E-state index in [0.29, 0.717) is 13.1 Å². The van der Waals surface area contributed by atoms with Crippen molar-refractivity contribution >= 4 is 27.8 Å². The molecule has 2 rings (SSSR count). The molecular formula is C15H22BrN3O2. The van der Waals surface area contributed by atoms with E-state index in [1.807, 2.05) is 32.9 Å². The monoisotopic (exact) mass is 355 g/mol. The topological polar surface area (TPSA) is 45.7 Å². The highest BCUT2D eigenvalue weighted by Crippen LogP contribution is 2.21. The molecule has 0 N–H and O–H groups in total. The molecule has 1 aliphatic rings. The first-order chi connectivity index (χ1) is 9.76. The Bertz CT molecular complexity index is 499. The van der Waals surface area contributed by atoms with Crippen LogP contribution in [0.4, 0.5) is 10.6 Å². The second kappa shape index (κ2) is 6.22. The van der Waals surface area contributed by atoms with Crippen molar-refractivity contribution in [3.63, 3.8) is 0 Å². The van der Waals surface area contributed by atoms with Crippen molar-refractivity contribution in [2.75, 3.05) is 24.5 Å². The Balaban J connectivity index is 1.99. The summed E-state index contributed by atoms with van der Waals surface area (Å²) in [5.74, 6) is 0.939. The van der Waals surface area contributed by atoms with Gasteiger partial charge in [-0.3, -0.25) is 0 Å². The first kappa shape index (κ1) is 16.1. The summed E-state index contributed by atoms with van der Waals surface area (Å²) in [5.41, 5.74) is -0.454. The quantitative estimate of drug-likeness (QED) is 0.775. The van der Waals surface area contributed by atoms with E-state index in [1.54, 1.807) is 11.1 Å². The molecule has 1 fully saturated rings. The maximum Gasteiger partial charge on any atom is 0.410 e. The van der Waals surface area contributed by atoms with Crippen LogP contribution in [0.25, 0.3) is 0 Å². The van der Waals surface area contributed by atoms with Crippen LogP contribution in [-0.2, 0) is 4.74 Å². The summed E-state index contributed by atoms with van der Waals surface area (Å²) in [4.78, 5) is 20.5. The number of carbonyl (C=O) groups excluding carboxylic acids is 1. The lowest BCUT2D eigenvalue weighted by molar-refractivity contribution is 0.0218. The van der Waals surface area contributed by atoms with Gasteiger partial charge in [0.1, 0.15) is 11.4 Å². The molecule has 0 aliphatic carbocycles. The summed E-state index contributed by atoms with van der Waals surface area (Å²) in [6.07, 6.45) is 1.56. The molecule has 0 unspecified atom stereocenters. The van der Waals surface area contributed by atoms with E-state index in [9.17, 15) is 4.79 Å². The number of nitrogens with zero attached hydrogens (tertiary/aromatic N) is 3. The molecule has 1 saturated heterocycles. The highest BCUT2D eigenvalue weighted by atomic mass is 79.9. The number of piperazine rings is 1. The van der Waals surface area contributed by atoms with Gasteiger partial charge in [0, 0.05) is 36.3 Å². The van der Waals surface area contributed by atoms with Crippen molar-refractivity contribution in [1.82, 2.24) is 9.88 Å². The fourth-order valence-electron chi connectivity index (χ4n) is 2.33. The molecule has 6 heteroatoms. The standard InChI is InChI=1S/C15H22BrN3O2/c1-11-10-18(14(20)21-15(2,3)4)7-8-19(11)13-6-5-12(16)9-17-13/h5-6,9,11H,7-8,10H2,1-4H3/t11-/m1/s1. The lowest BCUT2D eigenvalue weighted by Crippen LogP contribution is -2.54. The molecule has 5 nitrogen and oxygen atoms in total. The molecule has 0 aromatic carbocycles. The third-order valence-corrected chi connectivity index (χ3v) is 3.75. The molecule has 1 aliphatic heterocycles. The van der Waals surface area contributed by atoms with Gasteiger partial charge < -0.3 is 14.5 Å². The number of rotatable bonds is 1. The molecule has 0 saturated carbocycles. The lowest BCUT2D eigenvalue weighted by atomic mass is 10.2. The second-order valence-corrected chi connectivity index (χ2v) is 7.22. The number of hydrogen-bond donors (Lipinski definition) is 0. The zero-order valence-electron chi connectivity index (χ0n) is 13.0. The van der Waals surface area contributed by atoms with Gasteiger partial charge in [0.25, 0.3) is 0 Å². The van der Waals surface area contributed by atoms with Gasteiger partial charge >= 0.3 is 6.09 Å². The van der Waals surface area contributed by atoms with Gasteiger partial charge in [0.05, 0.1) is 0 Å². The molecule has 2 heterocycles. The van der Waals surface area contributed by atoms with Crippen LogP contribution in [0.2, 0.25) is 0 Å². The van der Waals surface area contributed by atoms with Gasteiger partial charge in [-0.25, -0.2) is 9.78 Å². The van der Waals surface area contributed by atoms with Crippen LogP contribution in [0.5, 0.6) is 0 Å². The van der Waals surface area contributed by atoms with E-state index in [2.05, 4.69) is 32.7 Å². The van der Waals surface area contributed by atoms with Gasteiger partial charge in [-0.2, -0.15) is 0 Å². The normalized spacial score (nSPS) is 19.6. The molecule has 0 bridgehead atoms. The fourth-order valence-corrected chi connectivity index (χ4v) is 2.56. The summed E-state index contributed by atoms with van der Waals surface area (Å²) < 4.78 is 6.39. The van der Waals surface area contributed by atoms with Crippen LogP contribution in [-0.4, -0.2) is 47.3 Å². The predicted molar refractivity (Wildman–Crippen MR) is 86.6 cm³/mol. The Hall–Kier alpha value is -1.30. The highest BCUT2D eigenvalue weighted by Gasteiger charge is 2.30. The summed E-state index contributed by atoms with van der Waals surface area (Å²) in [6.45, 7) is 9.81. The summed E-state index contributed by atoms with van der Waals surface area (Å²) >= 11 is 3.39. The van der Waals surface area contributed by atoms with Gasteiger partial charge in [-0.15, -0.1) is 0 Å². The molecule has 0 spiro atoms. The van der Waals surface area contributed by atoms with Gasteiger partial charge in [0.15, 0.2) is 0 Å². The van der Waals surface area contributed by atoms with Crippen LogP contribution in [0.15, 0.2) is 22.8 Å². The van der Waals surface area contributed by atoms with Crippen molar-refractivity contribution in [2.24, 2.45) is 0 Å². The molecule has 1 amide bonds. The third kappa shape index (κ3) is 4.33. The Morgan fingerprint density at radius 2 is 2.10 bits per heavy atom. The molecule has 21 heavy (non-hydrogen) atoms. The first-order valence-corrected chi connectivity index (χ1v) is 7.92. The second-order valence-electron chi connectivity index (χ2n) is 6.30. The van der Waals surface area contributed by atoms with Gasteiger partial charge in [-0.05, 0) is 55.8 Å². The molecule has 116 valence electrons. The largest absolute Gasteiger partial charge is 0.444 e. The maximum atomic E-state index is 12.1. The summed E-state index contributed by atoms with van der Waals surface area (Å²) in [5, 5.41) is 0. The molecule has 1 aromatic heterocycles. The molecule has 0 radical (unpaired) electrons. The average Bonchev–Trinajstić information content (AvgIpc) is 2.38. The Morgan fingerprint density at radius 1 is 1.38 bits per heavy atom. The van der Waals surface area contributed by atoms with E-state index in [4.69, 9.17) is 4.74 Å². The van der Waals surface area contributed by atoms with Crippen LogP contribution >= 0.6 is 15.9 Å². The zero-order valence-corrected chi connectivity index (χ0v) is 14.6. The van der Waals surface area contributed by atoms with E-state index < -0.39 is 5.60 Å². The van der Waals surface area contributed by atoms with Crippen LogP contribution in [0, 0.1) is 0 Å². The van der Waals surface area contributed by atoms with Crippen molar-refractivity contribution in [1.29, 1.82) is 0 Å². The van der Waals surface area contributed by atoms with Crippen molar-refractivity contribution in [3.05, 3.63) is 22.8 Å². The van der Waals surface area contributed by atoms with Crippen molar-refractivity contribution < 1.29 is 9.53 Å². The Morgan fingerprint density at radius 3 is 2.62 bits per heavy atom. The maximum absolute atomic E-state index is 12.1. The van der Waals surface area contributed by atoms with Crippen molar-refractivity contribution in [2.45, 2.75) is 39.3 Å².